The first kappa shape index (κ1) is 14.0. The van der Waals surface area contributed by atoms with Crippen molar-refractivity contribution in [3.63, 3.8) is 0 Å². The Bertz CT molecular complexity index is 624. The minimum Gasteiger partial charge on any atom is -0.491 e. The van der Waals surface area contributed by atoms with Gasteiger partial charge in [0.25, 0.3) is 0 Å². The van der Waals surface area contributed by atoms with Gasteiger partial charge in [0.2, 0.25) is 0 Å². The zero-order valence-corrected chi connectivity index (χ0v) is 12.7. The lowest BCUT2D eigenvalue weighted by Gasteiger charge is -2.26. The van der Waals surface area contributed by atoms with Gasteiger partial charge in [0.05, 0.1) is 12.3 Å². The van der Waals surface area contributed by atoms with Crippen LogP contribution in [0, 0.1) is 6.92 Å². The van der Waals surface area contributed by atoms with E-state index in [-0.39, 0.29) is 0 Å². The van der Waals surface area contributed by atoms with Crippen LogP contribution in [0.4, 0.5) is 11.4 Å². The van der Waals surface area contributed by atoms with Gasteiger partial charge in [0, 0.05) is 18.8 Å². The van der Waals surface area contributed by atoms with Crippen LogP contribution < -0.4 is 15.0 Å². The summed E-state index contributed by atoms with van der Waals surface area (Å²) >= 11 is 0. The highest BCUT2D eigenvalue weighted by Gasteiger charge is 2.18. The normalized spacial score (nSPS) is 14.3. The maximum Gasteiger partial charge on any atom is 0.142 e. The lowest BCUT2D eigenvalue weighted by Crippen LogP contribution is -2.19. The van der Waals surface area contributed by atoms with E-state index < -0.39 is 0 Å². The molecule has 0 saturated heterocycles. The molecule has 0 aromatic heterocycles. The highest BCUT2D eigenvalue weighted by atomic mass is 16.5. The summed E-state index contributed by atoms with van der Waals surface area (Å²) in [7, 11) is 1.98. The minimum absolute atomic E-state index is 0.782. The van der Waals surface area contributed by atoms with E-state index in [1.165, 1.54) is 22.5 Å². The number of benzene rings is 2. The van der Waals surface area contributed by atoms with Crippen molar-refractivity contribution in [3.05, 3.63) is 53.6 Å². The molecule has 3 heteroatoms. The fourth-order valence-corrected chi connectivity index (χ4v) is 2.91. The van der Waals surface area contributed by atoms with E-state index in [0.717, 1.165) is 31.9 Å². The van der Waals surface area contributed by atoms with E-state index in [4.69, 9.17) is 4.74 Å². The van der Waals surface area contributed by atoms with Gasteiger partial charge in [-0.1, -0.05) is 24.3 Å². The molecule has 0 atom stereocenters. The van der Waals surface area contributed by atoms with Crippen LogP contribution in [-0.2, 0) is 6.54 Å². The predicted molar refractivity (Wildman–Crippen MR) is 87.5 cm³/mol. The first-order chi connectivity index (χ1) is 10.3. The van der Waals surface area contributed by atoms with E-state index in [1.807, 2.05) is 13.1 Å². The lowest BCUT2D eigenvalue weighted by molar-refractivity contribution is 0.322. The number of ether oxygens (including phenoxy) is 1. The fraction of sp³-hybridized carbons (Fsp3) is 0.333. The third-order valence-corrected chi connectivity index (χ3v) is 3.87. The molecule has 0 radical (unpaired) electrons. The van der Waals surface area contributed by atoms with Crippen molar-refractivity contribution in [2.45, 2.75) is 19.9 Å². The van der Waals surface area contributed by atoms with Gasteiger partial charge in [-0.15, -0.1) is 0 Å². The minimum atomic E-state index is 0.782. The molecule has 1 aliphatic heterocycles. The van der Waals surface area contributed by atoms with E-state index in [1.54, 1.807) is 0 Å². The molecule has 1 N–H and O–H groups in total. The molecule has 0 unspecified atom stereocenters. The monoisotopic (exact) mass is 282 g/mol. The van der Waals surface area contributed by atoms with Gasteiger partial charge < -0.3 is 15.0 Å². The molecule has 2 aromatic carbocycles. The van der Waals surface area contributed by atoms with Crippen LogP contribution in [0.1, 0.15) is 17.5 Å². The number of fused-ring (bicyclic) bond motifs is 1. The third kappa shape index (κ3) is 2.88. The molecule has 2 aromatic rings. The maximum atomic E-state index is 5.85. The van der Waals surface area contributed by atoms with Crippen LogP contribution in [0.5, 0.6) is 5.75 Å². The average molecular weight is 282 g/mol. The van der Waals surface area contributed by atoms with Gasteiger partial charge in [-0.2, -0.15) is 0 Å². The van der Waals surface area contributed by atoms with Gasteiger partial charge in [0.15, 0.2) is 0 Å². The zero-order chi connectivity index (χ0) is 14.7. The molecule has 1 aliphatic rings. The Balaban J connectivity index is 2.00. The average Bonchev–Trinajstić information content (AvgIpc) is 2.70. The lowest BCUT2D eigenvalue weighted by atomic mass is 10.1. The number of anilines is 2. The van der Waals surface area contributed by atoms with Gasteiger partial charge in [-0.3, -0.25) is 0 Å². The Morgan fingerprint density at radius 3 is 2.81 bits per heavy atom. The second-order valence-corrected chi connectivity index (χ2v) is 5.47. The molecular formula is C18H22N2O. The molecule has 0 aliphatic carbocycles. The largest absolute Gasteiger partial charge is 0.491 e. The number of hydrogen-bond acceptors (Lipinski definition) is 3. The molecular weight excluding hydrogens is 260 g/mol. The summed E-state index contributed by atoms with van der Waals surface area (Å²) in [5, 5.41) is 3.20. The van der Waals surface area contributed by atoms with E-state index in [9.17, 15) is 0 Å². The number of para-hydroxylation sites is 2. The van der Waals surface area contributed by atoms with Crippen LogP contribution in [0.25, 0.3) is 0 Å². The van der Waals surface area contributed by atoms with E-state index in [2.05, 4.69) is 53.5 Å². The zero-order valence-electron chi connectivity index (χ0n) is 12.7. The second-order valence-electron chi connectivity index (χ2n) is 5.47. The van der Waals surface area contributed by atoms with Crippen molar-refractivity contribution >= 4 is 11.4 Å². The van der Waals surface area contributed by atoms with Crippen molar-refractivity contribution < 1.29 is 4.74 Å². The standard InChI is InChI=1S/C18H22N2O/c1-14-12-15(13-19-2)8-9-16(14)20-10-5-11-21-18-7-4-3-6-17(18)20/h3-4,6-9,12,19H,5,10-11,13H2,1-2H3. The fourth-order valence-electron chi connectivity index (χ4n) is 2.91. The Hall–Kier alpha value is -2.00. The maximum absolute atomic E-state index is 5.85. The highest BCUT2D eigenvalue weighted by molar-refractivity contribution is 5.71. The van der Waals surface area contributed by atoms with Gasteiger partial charge in [-0.25, -0.2) is 0 Å². The molecule has 3 rings (SSSR count). The van der Waals surface area contributed by atoms with Crippen LogP contribution in [0.15, 0.2) is 42.5 Å². The smallest absolute Gasteiger partial charge is 0.142 e. The number of nitrogens with zero attached hydrogens (tertiary/aromatic N) is 1. The van der Waals surface area contributed by atoms with Crippen molar-refractivity contribution in [2.75, 3.05) is 25.1 Å². The Morgan fingerprint density at radius 1 is 1.14 bits per heavy atom. The topological polar surface area (TPSA) is 24.5 Å². The SMILES string of the molecule is CNCc1ccc(N2CCCOc3ccccc32)c(C)c1. The second kappa shape index (κ2) is 6.19. The molecule has 0 bridgehead atoms. The van der Waals surface area contributed by atoms with Crippen LogP contribution in [0.3, 0.4) is 0 Å². The Kier molecular flexibility index (Phi) is 4.11. The van der Waals surface area contributed by atoms with Crippen LogP contribution >= 0.6 is 0 Å². The van der Waals surface area contributed by atoms with Gasteiger partial charge >= 0.3 is 0 Å². The van der Waals surface area contributed by atoms with Crippen LogP contribution in [0.2, 0.25) is 0 Å². The Labute approximate surface area is 126 Å². The highest BCUT2D eigenvalue weighted by Crippen LogP contribution is 2.37. The van der Waals surface area contributed by atoms with Crippen molar-refractivity contribution in [1.82, 2.24) is 5.32 Å². The molecule has 0 fully saturated rings. The molecule has 0 saturated carbocycles. The van der Waals surface area contributed by atoms with Gasteiger partial charge in [0.1, 0.15) is 5.75 Å². The van der Waals surface area contributed by atoms with Crippen LogP contribution in [-0.4, -0.2) is 20.2 Å². The molecule has 3 nitrogen and oxygen atoms in total. The third-order valence-electron chi connectivity index (χ3n) is 3.87. The molecule has 110 valence electrons. The molecule has 0 spiro atoms. The summed E-state index contributed by atoms with van der Waals surface area (Å²) < 4.78 is 5.85. The van der Waals surface area contributed by atoms with Crippen molar-refractivity contribution in [2.24, 2.45) is 0 Å². The molecule has 21 heavy (non-hydrogen) atoms. The quantitative estimate of drug-likeness (QED) is 0.930. The van der Waals surface area contributed by atoms with E-state index >= 15 is 0 Å². The molecule has 0 amide bonds. The molecule has 1 heterocycles. The first-order valence-electron chi connectivity index (χ1n) is 7.53. The summed E-state index contributed by atoms with van der Waals surface area (Å²) in [5.41, 5.74) is 5.06. The van der Waals surface area contributed by atoms with E-state index in [0.29, 0.717) is 0 Å². The Morgan fingerprint density at radius 2 is 2.00 bits per heavy atom. The summed E-state index contributed by atoms with van der Waals surface area (Å²) in [6, 6.07) is 15.0. The number of aryl methyl sites for hydroxylation is 1. The summed E-state index contributed by atoms with van der Waals surface area (Å²) in [6.45, 7) is 4.86. The first-order valence-corrected chi connectivity index (χ1v) is 7.53. The van der Waals surface area contributed by atoms with Gasteiger partial charge in [-0.05, 0) is 49.7 Å². The number of hydrogen-bond donors (Lipinski definition) is 1. The van der Waals surface area contributed by atoms with Crippen molar-refractivity contribution in [1.29, 1.82) is 0 Å². The van der Waals surface area contributed by atoms with Crippen molar-refractivity contribution in [3.8, 4) is 5.75 Å². The predicted octanol–water partition coefficient (Wildman–Crippen LogP) is 3.64. The summed E-state index contributed by atoms with van der Waals surface area (Å²) in [6.07, 6.45) is 1.03. The summed E-state index contributed by atoms with van der Waals surface area (Å²) in [5.74, 6) is 0.980. The summed E-state index contributed by atoms with van der Waals surface area (Å²) in [4.78, 5) is 2.38. The number of rotatable bonds is 3. The number of nitrogens with one attached hydrogen (secondary N) is 1.